The Labute approximate surface area is 120 Å². The first-order chi connectivity index (χ1) is 9.08. The van der Waals surface area contributed by atoms with Crippen LogP contribution in [0.15, 0.2) is 0 Å². The van der Waals surface area contributed by atoms with Crippen LogP contribution in [0.1, 0.15) is 53.9 Å². The van der Waals surface area contributed by atoms with Crippen molar-refractivity contribution < 1.29 is 4.74 Å². The van der Waals surface area contributed by atoms with Gasteiger partial charge in [-0.25, -0.2) is 0 Å². The van der Waals surface area contributed by atoms with Gasteiger partial charge in [0.2, 0.25) is 0 Å². The van der Waals surface area contributed by atoms with E-state index in [-0.39, 0.29) is 0 Å². The van der Waals surface area contributed by atoms with Crippen molar-refractivity contribution in [2.24, 2.45) is 5.92 Å². The van der Waals surface area contributed by atoms with Crippen LogP contribution in [-0.2, 0) is 4.74 Å². The number of nitrogens with zero attached hydrogens (tertiary/aromatic N) is 1. The summed E-state index contributed by atoms with van der Waals surface area (Å²) < 4.78 is 5.72. The van der Waals surface area contributed by atoms with E-state index >= 15 is 0 Å². The van der Waals surface area contributed by atoms with Crippen LogP contribution in [0, 0.1) is 5.92 Å². The highest BCUT2D eigenvalue weighted by Crippen LogP contribution is 2.23. The first kappa shape index (κ1) is 16.9. The number of ether oxygens (including phenoxy) is 1. The molecule has 0 spiro atoms. The summed E-state index contributed by atoms with van der Waals surface area (Å²) in [5.41, 5.74) is 0.301. The van der Waals surface area contributed by atoms with Gasteiger partial charge < -0.3 is 10.1 Å². The lowest BCUT2D eigenvalue weighted by molar-refractivity contribution is 0.0337. The Morgan fingerprint density at radius 2 is 1.89 bits per heavy atom. The van der Waals surface area contributed by atoms with Gasteiger partial charge in [-0.1, -0.05) is 27.7 Å². The summed E-state index contributed by atoms with van der Waals surface area (Å²) in [7, 11) is 0. The van der Waals surface area contributed by atoms with Crippen molar-refractivity contribution >= 4 is 0 Å². The molecule has 1 heterocycles. The van der Waals surface area contributed by atoms with Crippen molar-refractivity contribution in [3.8, 4) is 0 Å². The minimum Gasteiger partial charge on any atom is -0.380 e. The first-order valence-electron chi connectivity index (χ1n) is 8.15. The maximum Gasteiger partial charge on any atom is 0.0624 e. The monoisotopic (exact) mass is 270 g/mol. The molecule has 1 aliphatic heterocycles. The molecule has 0 aromatic rings. The maximum atomic E-state index is 5.72. The Morgan fingerprint density at radius 1 is 1.21 bits per heavy atom. The molecule has 1 aliphatic rings. The van der Waals surface area contributed by atoms with Crippen LogP contribution in [0.5, 0.6) is 0 Å². The molecule has 1 unspecified atom stereocenters. The van der Waals surface area contributed by atoms with Crippen LogP contribution in [0.3, 0.4) is 0 Å². The highest BCUT2D eigenvalue weighted by molar-refractivity contribution is 4.93. The van der Waals surface area contributed by atoms with E-state index in [4.69, 9.17) is 4.74 Å². The summed E-state index contributed by atoms with van der Waals surface area (Å²) in [5.74, 6) is 0.649. The summed E-state index contributed by atoms with van der Waals surface area (Å²) in [6.45, 7) is 16.6. The van der Waals surface area contributed by atoms with Gasteiger partial charge in [0, 0.05) is 24.7 Å². The third-order valence-corrected chi connectivity index (χ3v) is 4.71. The summed E-state index contributed by atoms with van der Waals surface area (Å²) in [5, 5.41) is 3.79. The Kier molecular flexibility index (Phi) is 7.33. The molecule has 1 N–H and O–H groups in total. The van der Waals surface area contributed by atoms with Crippen LogP contribution in [0.2, 0.25) is 0 Å². The second-order valence-electron chi connectivity index (χ2n) is 6.21. The normalized spacial score (nSPS) is 22.4. The van der Waals surface area contributed by atoms with Gasteiger partial charge in [0.25, 0.3) is 0 Å². The van der Waals surface area contributed by atoms with Crippen molar-refractivity contribution in [2.45, 2.75) is 65.5 Å². The van der Waals surface area contributed by atoms with Crippen LogP contribution in [0.25, 0.3) is 0 Å². The van der Waals surface area contributed by atoms with Gasteiger partial charge in [-0.2, -0.15) is 0 Å². The van der Waals surface area contributed by atoms with Gasteiger partial charge in [0.1, 0.15) is 0 Å². The van der Waals surface area contributed by atoms with Crippen molar-refractivity contribution in [3.05, 3.63) is 0 Å². The van der Waals surface area contributed by atoms with Gasteiger partial charge >= 0.3 is 0 Å². The minimum absolute atomic E-state index is 0.301. The van der Waals surface area contributed by atoms with E-state index in [0.29, 0.717) is 17.5 Å². The molecule has 0 aliphatic carbocycles. The average molecular weight is 270 g/mol. The minimum atomic E-state index is 0.301. The molecule has 3 heteroatoms. The van der Waals surface area contributed by atoms with Crippen molar-refractivity contribution in [1.82, 2.24) is 10.2 Å². The third kappa shape index (κ3) is 4.73. The summed E-state index contributed by atoms with van der Waals surface area (Å²) >= 11 is 0. The molecule has 0 radical (unpaired) electrons. The van der Waals surface area contributed by atoms with E-state index in [9.17, 15) is 0 Å². The summed E-state index contributed by atoms with van der Waals surface area (Å²) in [6, 6.07) is 0.553. The Balaban J connectivity index is 2.76. The largest absolute Gasteiger partial charge is 0.380 e. The molecule has 0 amide bonds. The summed E-state index contributed by atoms with van der Waals surface area (Å²) in [6.07, 6.45) is 3.66. The Morgan fingerprint density at radius 3 is 2.42 bits per heavy atom. The van der Waals surface area contributed by atoms with Crippen LogP contribution in [0.4, 0.5) is 0 Å². The topological polar surface area (TPSA) is 24.5 Å². The fraction of sp³-hybridized carbons (Fsp3) is 1.00. The van der Waals surface area contributed by atoms with E-state index in [1.165, 1.54) is 25.8 Å². The van der Waals surface area contributed by atoms with Crippen molar-refractivity contribution in [3.63, 3.8) is 0 Å². The lowest BCUT2D eigenvalue weighted by Gasteiger charge is -2.40. The molecule has 19 heavy (non-hydrogen) atoms. The zero-order valence-corrected chi connectivity index (χ0v) is 13.7. The molecule has 3 nitrogen and oxygen atoms in total. The molecule has 1 fully saturated rings. The van der Waals surface area contributed by atoms with Gasteiger partial charge in [-0.05, 0) is 45.2 Å². The smallest absolute Gasteiger partial charge is 0.0624 e. The quantitative estimate of drug-likeness (QED) is 0.770. The molecule has 0 bridgehead atoms. The molecule has 1 saturated heterocycles. The zero-order valence-electron chi connectivity index (χ0n) is 13.7. The zero-order chi connectivity index (χ0) is 14.3. The summed E-state index contributed by atoms with van der Waals surface area (Å²) in [4.78, 5) is 2.67. The van der Waals surface area contributed by atoms with E-state index in [2.05, 4.69) is 44.8 Å². The molecule has 1 rings (SSSR count). The highest BCUT2D eigenvalue weighted by Gasteiger charge is 2.34. The molecule has 1 atom stereocenters. The second-order valence-corrected chi connectivity index (χ2v) is 6.21. The fourth-order valence-corrected chi connectivity index (χ4v) is 3.12. The molecular weight excluding hydrogens is 236 g/mol. The standard InChI is InChI=1S/C16H34N2O/c1-6-16(7-2)13-18(11-9-10-17-16)15(14(4)5)12-19-8-3/h14-15,17H,6-13H2,1-5H3. The number of hydrogen-bond acceptors (Lipinski definition) is 3. The predicted molar refractivity (Wildman–Crippen MR) is 82.6 cm³/mol. The lowest BCUT2D eigenvalue weighted by atomic mass is 9.91. The number of nitrogens with one attached hydrogen (secondary N) is 1. The van der Waals surface area contributed by atoms with Crippen molar-refractivity contribution in [1.29, 1.82) is 0 Å². The Hall–Kier alpha value is -0.120. The SMILES string of the molecule is CCOCC(C(C)C)N1CCCNC(CC)(CC)C1. The maximum absolute atomic E-state index is 5.72. The second kappa shape index (κ2) is 8.23. The molecule has 0 saturated carbocycles. The van der Waals surface area contributed by atoms with E-state index in [1.807, 2.05) is 0 Å². The Bertz CT molecular complexity index is 239. The van der Waals surface area contributed by atoms with Crippen LogP contribution >= 0.6 is 0 Å². The number of hydrogen-bond donors (Lipinski definition) is 1. The van der Waals surface area contributed by atoms with Crippen LogP contribution < -0.4 is 5.32 Å². The third-order valence-electron chi connectivity index (χ3n) is 4.71. The number of rotatable bonds is 7. The van der Waals surface area contributed by atoms with E-state index in [0.717, 1.165) is 26.3 Å². The van der Waals surface area contributed by atoms with E-state index < -0.39 is 0 Å². The molecular formula is C16H34N2O. The van der Waals surface area contributed by atoms with Crippen molar-refractivity contribution in [2.75, 3.05) is 32.8 Å². The molecule has 0 aromatic heterocycles. The predicted octanol–water partition coefficient (Wildman–Crippen LogP) is 2.90. The lowest BCUT2D eigenvalue weighted by Crippen LogP contribution is -2.54. The van der Waals surface area contributed by atoms with Gasteiger partial charge in [-0.15, -0.1) is 0 Å². The van der Waals surface area contributed by atoms with Gasteiger partial charge in [0.15, 0.2) is 0 Å². The fourth-order valence-electron chi connectivity index (χ4n) is 3.12. The van der Waals surface area contributed by atoms with Gasteiger partial charge in [0.05, 0.1) is 6.61 Å². The molecule has 114 valence electrons. The first-order valence-corrected chi connectivity index (χ1v) is 8.15. The van der Waals surface area contributed by atoms with Crippen LogP contribution in [-0.4, -0.2) is 49.3 Å². The van der Waals surface area contributed by atoms with Gasteiger partial charge in [-0.3, -0.25) is 4.90 Å². The highest BCUT2D eigenvalue weighted by atomic mass is 16.5. The average Bonchev–Trinajstić information content (AvgIpc) is 2.62. The van der Waals surface area contributed by atoms with E-state index in [1.54, 1.807) is 0 Å². The molecule has 0 aromatic carbocycles.